The summed E-state index contributed by atoms with van der Waals surface area (Å²) in [5.74, 6) is -0.498. The third-order valence-corrected chi connectivity index (χ3v) is 5.04. The first kappa shape index (κ1) is 18.0. The van der Waals surface area contributed by atoms with Crippen molar-refractivity contribution in [2.45, 2.75) is 12.5 Å². The molecule has 0 aliphatic heterocycles. The minimum absolute atomic E-state index is 0.133. The predicted molar refractivity (Wildman–Crippen MR) is 92.9 cm³/mol. The molecule has 24 heavy (non-hydrogen) atoms. The van der Waals surface area contributed by atoms with Crippen LogP contribution < -0.4 is 4.46 Å². The van der Waals surface area contributed by atoms with Crippen LogP contribution in [0.1, 0.15) is 18.1 Å². The van der Waals surface area contributed by atoms with Crippen molar-refractivity contribution in [2.24, 2.45) is 0 Å². The molecule has 0 heterocycles. The van der Waals surface area contributed by atoms with Crippen LogP contribution in [-0.4, -0.2) is 32.7 Å². The molecule has 0 saturated heterocycles. The Hall–Kier alpha value is -2.36. The molecule has 0 fully saturated rings. The Bertz CT molecular complexity index is 683. The van der Waals surface area contributed by atoms with Gasteiger partial charge in [-0.3, -0.25) is 0 Å². The van der Waals surface area contributed by atoms with Crippen LogP contribution in [0.2, 0.25) is 0 Å². The molecule has 0 aromatic heterocycles. The van der Waals surface area contributed by atoms with Crippen LogP contribution >= 0.6 is 0 Å². The number of hydrogen-bond acceptors (Lipinski definition) is 4. The predicted octanol–water partition coefficient (Wildman–Crippen LogP) is 2.38. The van der Waals surface area contributed by atoms with Gasteiger partial charge in [0.1, 0.15) is 0 Å². The van der Waals surface area contributed by atoms with Crippen LogP contribution in [0.3, 0.4) is 0 Å². The van der Waals surface area contributed by atoms with E-state index in [0.29, 0.717) is 0 Å². The molecule has 0 aliphatic rings. The molecular formula is C19H18O4Se. The van der Waals surface area contributed by atoms with Crippen LogP contribution in [0.5, 0.6) is 0 Å². The Kier molecular flexibility index (Phi) is 7.27. The van der Waals surface area contributed by atoms with Crippen molar-refractivity contribution in [1.82, 2.24) is 0 Å². The number of hydrogen-bond donors (Lipinski definition) is 0. The van der Waals surface area contributed by atoms with Gasteiger partial charge in [0.05, 0.1) is 0 Å². The van der Waals surface area contributed by atoms with Crippen molar-refractivity contribution in [2.75, 3.05) is 7.11 Å². The molecule has 0 saturated carbocycles. The second-order valence-corrected chi connectivity index (χ2v) is 7.23. The Morgan fingerprint density at radius 2 is 1.67 bits per heavy atom. The molecule has 4 nitrogen and oxygen atoms in total. The standard InChI is InChI=1S/C19H18O4Se/c1-22-18(20)12-13-23-17(15-8-4-2-5-9-15)14-19(21)24-16-10-6-3-7-11-16/h2-13,17H,14H2,1H3/b13-12+. The van der Waals surface area contributed by atoms with Crippen molar-refractivity contribution in [3.05, 3.63) is 78.6 Å². The molecule has 0 N–H and O–H groups in total. The number of rotatable bonds is 8. The first-order valence-electron chi connectivity index (χ1n) is 7.39. The summed E-state index contributed by atoms with van der Waals surface area (Å²) in [5, 5.41) is 0. The maximum atomic E-state index is 12.4. The molecule has 2 rings (SSSR count). The molecule has 0 radical (unpaired) electrons. The summed E-state index contributed by atoms with van der Waals surface area (Å²) in [6, 6.07) is 19.2. The van der Waals surface area contributed by atoms with Gasteiger partial charge >= 0.3 is 147 Å². The Labute approximate surface area is 147 Å². The van der Waals surface area contributed by atoms with E-state index in [1.165, 1.54) is 19.4 Å². The monoisotopic (exact) mass is 390 g/mol. The van der Waals surface area contributed by atoms with Crippen LogP contribution in [0.4, 0.5) is 0 Å². The Morgan fingerprint density at radius 1 is 1.04 bits per heavy atom. The van der Waals surface area contributed by atoms with E-state index in [2.05, 4.69) is 4.74 Å². The molecule has 5 heteroatoms. The summed E-state index contributed by atoms with van der Waals surface area (Å²) in [5.41, 5.74) is 0.893. The van der Waals surface area contributed by atoms with Gasteiger partial charge < -0.3 is 0 Å². The fourth-order valence-electron chi connectivity index (χ4n) is 1.98. The normalized spacial score (nSPS) is 11.9. The van der Waals surface area contributed by atoms with Gasteiger partial charge in [-0.1, -0.05) is 0 Å². The van der Waals surface area contributed by atoms with E-state index < -0.39 is 12.1 Å². The van der Waals surface area contributed by atoms with Crippen molar-refractivity contribution in [3.8, 4) is 0 Å². The zero-order valence-electron chi connectivity index (χ0n) is 13.3. The van der Waals surface area contributed by atoms with E-state index in [4.69, 9.17) is 4.74 Å². The minimum atomic E-state index is -0.498. The third-order valence-electron chi connectivity index (χ3n) is 3.15. The van der Waals surface area contributed by atoms with E-state index in [1.807, 2.05) is 60.7 Å². The second kappa shape index (κ2) is 9.71. The topological polar surface area (TPSA) is 52.6 Å². The van der Waals surface area contributed by atoms with Crippen LogP contribution in [-0.2, 0) is 19.1 Å². The van der Waals surface area contributed by atoms with Crippen molar-refractivity contribution >= 4 is 30.1 Å². The van der Waals surface area contributed by atoms with Gasteiger partial charge in [-0.25, -0.2) is 0 Å². The SMILES string of the molecule is COC(=O)/C=C/OC(CC(=O)[Se]c1ccccc1)c1ccccc1. The molecule has 0 spiro atoms. The Balaban J connectivity index is 2.04. The number of ether oxygens (including phenoxy) is 2. The number of carbonyl (C=O) groups excluding carboxylic acids is 2. The molecule has 2 aromatic rings. The molecule has 2 aromatic carbocycles. The van der Waals surface area contributed by atoms with Crippen LogP contribution in [0.25, 0.3) is 0 Å². The molecule has 1 unspecified atom stereocenters. The molecule has 0 bridgehead atoms. The number of carbonyl (C=O) groups is 2. The van der Waals surface area contributed by atoms with Crippen LogP contribution in [0, 0.1) is 0 Å². The van der Waals surface area contributed by atoms with E-state index in [0.717, 1.165) is 10.0 Å². The van der Waals surface area contributed by atoms with Crippen molar-refractivity contribution in [3.63, 3.8) is 0 Å². The van der Waals surface area contributed by atoms with E-state index in [-0.39, 0.29) is 26.1 Å². The number of methoxy groups -OCH3 is 1. The second-order valence-electron chi connectivity index (χ2n) is 4.85. The summed E-state index contributed by atoms with van der Waals surface area (Å²) >= 11 is -0.260. The van der Waals surface area contributed by atoms with Gasteiger partial charge in [0.25, 0.3) is 0 Å². The number of benzene rings is 2. The fourth-order valence-corrected chi connectivity index (χ4v) is 3.64. The average molecular weight is 389 g/mol. The van der Waals surface area contributed by atoms with Crippen molar-refractivity contribution < 1.29 is 19.1 Å². The molecule has 0 aliphatic carbocycles. The van der Waals surface area contributed by atoms with Crippen LogP contribution in [0.15, 0.2) is 73.0 Å². The zero-order valence-corrected chi connectivity index (χ0v) is 15.0. The quantitative estimate of drug-likeness (QED) is 0.301. The summed E-state index contributed by atoms with van der Waals surface area (Å²) in [4.78, 5) is 23.5. The summed E-state index contributed by atoms with van der Waals surface area (Å²) in [6.45, 7) is 0. The van der Waals surface area contributed by atoms with Gasteiger partial charge in [0, 0.05) is 0 Å². The summed E-state index contributed by atoms with van der Waals surface area (Å²) in [7, 11) is 1.30. The van der Waals surface area contributed by atoms with E-state index in [9.17, 15) is 9.59 Å². The van der Waals surface area contributed by atoms with Gasteiger partial charge in [-0.2, -0.15) is 0 Å². The third kappa shape index (κ3) is 6.03. The molecular weight excluding hydrogens is 371 g/mol. The summed E-state index contributed by atoms with van der Waals surface area (Å²) < 4.78 is 11.3. The molecule has 0 amide bonds. The molecule has 124 valence electrons. The first-order valence-corrected chi connectivity index (χ1v) is 9.11. The van der Waals surface area contributed by atoms with E-state index in [1.54, 1.807) is 0 Å². The fraction of sp³-hybridized carbons (Fsp3) is 0.158. The van der Waals surface area contributed by atoms with Gasteiger partial charge in [-0.05, 0) is 0 Å². The van der Waals surface area contributed by atoms with Gasteiger partial charge in [-0.15, -0.1) is 0 Å². The average Bonchev–Trinajstić information content (AvgIpc) is 2.62. The summed E-state index contributed by atoms with van der Waals surface area (Å²) in [6.07, 6.45) is 2.31. The number of esters is 1. The Morgan fingerprint density at radius 3 is 2.29 bits per heavy atom. The van der Waals surface area contributed by atoms with E-state index >= 15 is 0 Å². The maximum absolute atomic E-state index is 12.4. The van der Waals surface area contributed by atoms with Crippen molar-refractivity contribution in [1.29, 1.82) is 0 Å². The first-order chi connectivity index (χ1) is 11.7. The van der Waals surface area contributed by atoms with Gasteiger partial charge in [0.15, 0.2) is 0 Å². The molecule has 1 atom stereocenters. The van der Waals surface area contributed by atoms with Gasteiger partial charge in [0.2, 0.25) is 0 Å². The zero-order chi connectivity index (χ0) is 17.2.